The van der Waals surface area contributed by atoms with Crippen molar-refractivity contribution in [3.63, 3.8) is 0 Å². The molecule has 0 aliphatic rings. The van der Waals surface area contributed by atoms with Gasteiger partial charge in [-0.2, -0.15) is 0 Å². The Balaban J connectivity index is 0.00000145. The summed E-state index contributed by atoms with van der Waals surface area (Å²) in [5.41, 5.74) is 2.75. The van der Waals surface area contributed by atoms with E-state index in [4.69, 9.17) is 4.74 Å². The van der Waals surface area contributed by atoms with Gasteiger partial charge in [0.2, 0.25) is 0 Å². The summed E-state index contributed by atoms with van der Waals surface area (Å²) in [6, 6.07) is 14.8. The summed E-state index contributed by atoms with van der Waals surface area (Å²) >= 11 is 0. The third-order valence-electron chi connectivity index (χ3n) is 4.51. The molecule has 35 heavy (non-hydrogen) atoms. The highest BCUT2D eigenvalue weighted by molar-refractivity contribution is 5.96. The number of nitrogens with one attached hydrogen (secondary N) is 2. The van der Waals surface area contributed by atoms with Crippen LogP contribution in [0, 0.1) is 12.7 Å². The second-order valence-corrected chi connectivity index (χ2v) is 6.87. The average molecular weight is 478 g/mol. The number of hydrogen-bond acceptors (Lipinski definition) is 4. The summed E-state index contributed by atoms with van der Waals surface area (Å²) in [7, 11) is 0. The molecule has 3 aromatic rings. The van der Waals surface area contributed by atoms with Gasteiger partial charge in [0.15, 0.2) is 0 Å². The molecule has 2 N–H and O–H groups in total. The third kappa shape index (κ3) is 9.45. The maximum Gasteiger partial charge on any atom is 0.251 e. The number of carbonyl (C=O) groups is 1. The first kappa shape index (κ1) is 29.1. The van der Waals surface area contributed by atoms with E-state index in [1.165, 1.54) is 12.1 Å². The van der Waals surface area contributed by atoms with Gasteiger partial charge in [0.1, 0.15) is 23.1 Å². The topological polar surface area (TPSA) is 63.2 Å². The summed E-state index contributed by atoms with van der Waals surface area (Å²) in [4.78, 5) is 16.9. The van der Waals surface area contributed by atoms with Crippen molar-refractivity contribution in [2.45, 2.75) is 48.1 Å². The predicted octanol–water partition coefficient (Wildman–Crippen LogP) is 7.81. The fourth-order valence-electron chi connectivity index (χ4n) is 2.93. The molecule has 0 aliphatic carbocycles. The monoisotopic (exact) mass is 477 g/mol. The molecule has 0 aliphatic heterocycles. The highest BCUT2D eigenvalue weighted by atomic mass is 19.1. The second-order valence-electron chi connectivity index (χ2n) is 6.87. The minimum absolute atomic E-state index is 0.230. The molecule has 0 saturated carbocycles. The SMILES string of the molecule is C=C(/C=C\C)Nc1cc(Oc2cccc(C(=O)NCc3ccc(F)cc3)c2C)ccn1.CC.CC. The van der Waals surface area contributed by atoms with E-state index in [9.17, 15) is 9.18 Å². The number of ether oxygens (including phenoxy) is 1. The molecule has 2 aromatic carbocycles. The number of allylic oxidation sites excluding steroid dienone is 2. The van der Waals surface area contributed by atoms with Crippen molar-refractivity contribution in [1.82, 2.24) is 10.3 Å². The first-order valence-corrected chi connectivity index (χ1v) is 11.8. The number of carbonyl (C=O) groups excluding carboxylic acids is 1. The van der Waals surface area contributed by atoms with Crippen molar-refractivity contribution in [3.05, 3.63) is 108 Å². The lowest BCUT2D eigenvalue weighted by Gasteiger charge is -2.13. The summed E-state index contributed by atoms with van der Waals surface area (Å²) in [5.74, 6) is 1.21. The average Bonchev–Trinajstić information content (AvgIpc) is 2.87. The van der Waals surface area contributed by atoms with Crippen LogP contribution >= 0.6 is 0 Å². The fourth-order valence-corrected chi connectivity index (χ4v) is 2.93. The van der Waals surface area contributed by atoms with Gasteiger partial charge < -0.3 is 15.4 Å². The van der Waals surface area contributed by atoms with Crippen LogP contribution in [-0.2, 0) is 6.54 Å². The molecule has 5 nitrogen and oxygen atoms in total. The fraction of sp³-hybridized carbons (Fsp3) is 0.241. The zero-order valence-electron chi connectivity index (χ0n) is 21.5. The number of rotatable bonds is 8. The zero-order chi connectivity index (χ0) is 26.2. The van der Waals surface area contributed by atoms with Crippen LogP contribution in [0.2, 0.25) is 0 Å². The number of halogens is 1. The molecule has 3 rings (SSSR count). The predicted molar refractivity (Wildman–Crippen MR) is 143 cm³/mol. The highest BCUT2D eigenvalue weighted by Gasteiger charge is 2.13. The summed E-state index contributed by atoms with van der Waals surface area (Å²) in [6.45, 7) is 15.9. The van der Waals surface area contributed by atoms with Gasteiger partial charge in [-0.1, -0.05) is 58.5 Å². The van der Waals surface area contributed by atoms with Gasteiger partial charge in [-0.3, -0.25) is 4.79 Å². The Labute approximate surface area is 208 Å². The number of aromatic nitrogens is 1. The Morgan fingerprint density at radius 2 is 1.77 bits per heavy atom. The molecule has 0 bridgehead atoms. The lowest BCUT2D eigenvalue weighted by Crippen LogP contribution is -2.23. The molecule has 0 saturated heterocycles. The number of pyridine rings is 1. The van der Waals surface area contributed by atoms with E-state index >= 15 is 0 Å². The Morgan fingerprint density at radius 3 is 2.43 bits per heavy atom. The summed E-state index contributed by atoms with van der Waals surface area (Å²) in [6.07, 6.45) is 5.36. The smallest absolute Gasteiger partial charge is 0.251 e. The van der Waals surface area contributed by atoms with E-state index in [1.54, 1.807) is 48.7 Å². The van der Waals surface area contributed by atoms with Crippen molar-refractivity contribution in [3.8, 4) is 11.5 Å². The van der Waals surface area contributed by atoms with Crippen molar-refractivity contribution in [2.24, 2.45) is 0 Å². The summed E-state index contributed by atoms with van der Waals surface area (Å²) in [5, 5.41) is 5.95. The van der Waals surface area contributed by atoms with Crippen LogP contribution in [0.3, 0.4) is 0 Å². The lowest BCUT2D eigenvalue weighted by atomic mass is 10.1. The lowest BCUT2D eigenvalue weighted by molar-refractivity contribution is 0.0950. The van der Waals surface area contributed by atoms with Crippen LogP contribution < -0.4 is 15.4 Å². The van der Waals surface area contributed by atoms with Crippen LogP contribution in [0.15, 0.2) is 85.2 Å². The van der Waals surface area contributed by atoms with Gasteiger partial charge in [-0.05, 0) is 55.8 Å². The Morgan fingerprint density at radius 1 is 1.09 bits per heavy atom. The molecule has 186 valence electrons. The minimum Gasteiger partial charge on any atom is -0.457 e. The number of nitrogens with zero attached hydrogens (tertiary/aromatic N) is 1. The van der Waals surface area contributed by atoms with Gasteiger partial charge in [-0.15, -0.1) is 0 Å². The summed E-state index contributed by atoms with van der Waals surface area (Å²) < 4.78 is 19.0. The molecule has 1 heterocycles. The van der Waals surface area contributed by atoms with Crippen molar-refractivity contribution >= 4 is 11.7 Å². The molecule has 1 amide bonds. The molecule has 1 aromatic heterocycles. The van der Waals surface area contributed by atoms with E-state index in [-0.39, 0.29) is 11.7 Å². The molecule has 0 spiro atoms. The number of benzene rings is 2. The van der Waals surface area contributed by atoms with E-state index < -0.39 is 0 Å². The van der Waals surface area contributed by atoms with Crippen LogP contribution in [0.25, 0.3) is 0 Å². The van der Waals surface area contributed by atoms with Crippen molar-refractivity contribution in [2.75, 3.05) is 5.32 Å². The van der Waals surface area contributed by atoms with E-state index in [1.807, 2.05) is 53.7 Å². The molecule has 0 atom stereocenters. The van der Waals surface area contributed by atoms with Gasteiger partial charge in [0.25, 0.3) is 5.91 Å². The first-order chi connectivity index (χ1) is 17.0. The Bertz CT molecular complexity index is 1110. The maximum absolute atomic E-state index is 13.0. The Hall–Kier alpha value is -3.93. The molecule has 0 fully saturated rings. The van der Waals surface area contributed by atoms with Gasteiger partial charge in [0, 0.05) is 35.6 Å². The van der Waals surface area contributed by atoms with Crippen molar-refractivity contribution in [1.29, 1.82) is 0 Å². The molecule has 0 unspecified atom stereocenters. The van der Waals surface area contributed by atoms with E-state index in [0.29, 0.717) is 40.7 Å². The second kappa shape index (κ2) is 15.8. The number of anilines is 1. The third-order valence-corrected chi connectivity index (χ3v) is 4.51. The van der Waals surface area contributed by atoms with Gasteiger partial charge >= 0.3 is 0 Å². The maximum atomic E-state index is 13.0. The van der Waals surface area contributed by atoms with E-state index in [2.05, 4.69) is 22.2 Å². The first-order valence-electron chi connectivity index (χ1n) is 11.8. The van der Waals surface area contributed by atoms with Crippen LogP contribution in [0.1, 0.15) is 56.1 Å². The zero-order valence-corrected chi connectivity index (χ0v) is 21.5. The largest absolute Gasteiger partial charge is 0.457 e. The molecular weight excluding hydrogens is 441 g/mol. The minimum atomic E-state index is -0.309. The van der Waals surface area contributed by atoms with Crippen molar-refractivity contribution < 1.29 is 13.9 Å². The molecule has 6 heteroatoms. The molecular formula is C29H36FN3O2. The number of amides is 1. The van der Waals surface area contributed by atoms with Gasteiger partial charge in [-0.25, -0.2) is 9.37 Å². The molecule has 0 radical (unpaired) electrons. The highest BCUT2D eigenvalue weighted by Crippen LogP contribution is 2.28. The van der Waals surface area contributed by atoms with Gasteiger partial charge in [0.05, 0.1) is 0 Å². The quantitative estimate of drug-likeness (QED) is 0.325. The number of hydrogen-bond donors (Lipinski definition) is 2. The Kier molecular flexibility index (Phi) is 13.2. The van der Waals surface area contributed by atoms with Crippen LogP contribution in [-0.4, -0.2) is 10.9 Å². The van der Waals surface area contributed by atoms with Crippen LogP contribution in [0.5, 0.6) is 11.5 Å². The standard InChI is InChI=1S/C25H24FN3O2.2C2H6/c1-4-6-17(2)29-24-15-21(13-14-27-24)31-23-8-5-7-22(18(23)3)25(30)28-16-19-9-11-20(26)12-10-19;2*1-2/h4-15H,2,16H2,1,3H3,(H,27,29)(H,28,30);2*1-2H3/b6-4-;;. The normalized spacial score (nSPS) is 9.80. The van der Waals surface area contributed by atoms with E-state index in [0.717, 1.165) is 5.56 Å². The van der Waals surface area contributed by atoms with Crippen LogP contribution in [0.4, 0.5) is 10.2 Å².